The summed E-state index contributed by atoms with van der Waals surface area (Å²) in [4.78, 5) is 29.1. The molecular formula is C23H26FN5O3S. The lowest BCUT2D eigenvalue weighted by Gasteiger charge is -2.37. The summed E-state index contributed by atoms with van der Waals surface area (Å²) in [6.45, 7) is 11.2. The van der Waals surface area contributed by atoms with E-state index in [1.54, 1.807) is 13.1 Å². The number of benzene rings is 1. The van der Waals surface area contributed by atoms with Crippen LogP contribution in [-0.2, 0) is 21.1 Å². The molecule has 0 spiro atoms. The molecule has 174 valence electrons. The molecule has 0 unspecified atom stereocenters. The van der Waals surface area contributed by atoms with Crippen LogP contribution in [0.5, 0.6) is 0 Å². The molecule has 1 aromatic carbocycles. The Kier molecular flexibility index (Phi) is 6.34. The first kappa shape index (κ1) is 23.1. The number of aryl methyl sites for hydroxylation is 1. The number of carbonyl (C=O) groups is 1. The van der Waals surface area contributed by atoms with Crippen molar-refractivity contribution in [3.63, 3.8) is 0 Å². The summed E-state index contributed by atoms with van der Waals surface area (Å²) in [5.41, 5.74) is 1.07. The summed E-state index contributed by atoms with van der Waals surface area (Å²) >= 11 is 0. The first-order chi connectivity index (χ1) is 15.7. The molecule has 33 heavy (non-hydrogen) atoms. The Bertz CT molecular complexity index is 1220. The van der Waals surface area contributed by atoms with E-state index < -0.39 is 15.7 Å². The van der Waals surface area contributed by atoms with Crippen LogP contribution in [0.15, 0.2) is 29.3 Å². The highest BCUT2D eigenvalue weighted by molar-refractivity contribution is 7.90. The number of halogens is 1. The van der Waals surface area contributed by atoms with Crippen molar-refractivity contribution in [1.29, 1.82) is 0 Å². The van der Waals surface area contributed by atoms with Gasteiger partial charge in [-0.05, 0) is 43.4 Å². The molecule has 0 N–H and O–H groups in total. The summed E-state index contributed by atoms with van der Waals surface area (Å²) in [5, 5.41) is 0. The number of amides is 1. The van der Waals surface area contributed by atoms with Gasteiger partial charge in [0, 0.05) is 44.8 Å². The molecule has 1 amide bonds. The zero-order valence-corrected chi connectivity index (χ0v) is 19.5. The molecule has 1 atom stereocenters. The molecule has 4 rings (SSSR count). The van der Waals surface area contributed by atoms with Crippen molar-refractivity contribution in [2.24, 2.45) is 5.92 Å². The third kappa shape index (κ3) is 4.83. The van der Waals surface area contributed by atoms with Crippen LogP contribution in [0.25, 0.3) is 4.85 Å². The van der Waals surface area contributed by atoms with Crippen LogP contribution in [0.3, 0.4) is 0 Å². The molecule has 10 heteroatoms. The zero-order valence-electron chi connectivity index (χ0n) is 18.7. The van der Waals surface area contributed by atoms with Crippen LogP contribution in [-0.4, -0.2) is 61.1 Å². The maximum absolute atomic E-state index is 14.5. The lowest BCUT2D eigenvalue weighted by molar-refractivity contribution is -0.133. The molecule has 2 fully saturated rings. The van der Waals surface area contributed by atoms with Crippen LogP contribution < -0.4 is 4.90 Å². The maximum Gasteiger partial charge on any atom is 0.312 e. The largest absolute Gasteiger partial charge is 0.364 e. The van der Waals surface area contributed by atoms with Crippen molar-refractivity contribution in [2.45, 2.75) is 43.5 Å². The van der Waals surface area contributed by atoms with Gasteiger partial charge in [-0.25, -0.2) is 17.8 Å². The Hall–Kier alpha value is -3.06. The highest BCUT2D eigenvalue weighted by Crippen LogP contribution is 2.32. The predicted molar refractivity (Wildman–Crippen MR) is 121 cm³/mol. The van der Waals surface area contributed by atoms with Gasteiger partial charge in [-0.1, -0.05) is 12.6 Å². The minimum absolute atomic E-state index is 0.0250. The van der Waals surface area contributed by atoms with Gasteiger partial charge in [0.2, 0.25) is 5.91 Å². The van der Waals surface area contributed by atoms with Crippen molar-refractivity contribution < 1.29 is 17.6 Å². The third-order valence-electron chi connectivity index (χ3n) is 6.44. The number of nitrogens with zero attached hydrogens (tertiary/aromatic N) is 5. The normalized spacial score (nSPS) is 19.7. The second-order valence-electron chi connectivity index (χ2n) is 8.74. The monoisotopic (exact) mass is 471 g/mol. The van der Waals surface area contributed by atoms with E-state index in [9.17, 15) is 17.6 Å². The van der Waals surface area contributed by atoms with Crippen LogP contribution >= 0.6 is 0 Å². The van der Waals surface area contributed by atoms with Gasteiger partial charge in [0.05, 0.1) is 11.1 Å². The first-order valence-electron chi connectivity index (χ1n) is 10.9. The fraction of sp³-hybridized carbons (Fsp3) is 0.478. The first-order valence-corrected chi connectivity index (χ1v) is 12.8. The zero-order chi connectivity index (χ0) is 23.8. The van der Waals surface area contributed by atoms with Gasteiger partial charge in [0.1, 0.15) is 11.5 Å². The summed E-state index contributed by atoms with van der Waals surface area (Å²) in [6.07, 6.45) is 5.14. The summed E-state index contributed by atoms with van der Waals surface area (Å²) in [5.74, 6) is 0.0185. The number of rotatable bonds is 5. The lowest BCUT2D eigenvalue weighted by Crippen LogP contribution is -2.46. The Morgan fingerprint density at radius 2 is 1.94 bits per heavy atom. The summed E-state index contributed by atoms with van der Waals surface area (Å²) < 4.78 is 37.7. The van der Waals surface area contributed by atoms with Gasteiger partial charge in [0.25, 0.3) is 0 Å². The van der Waals surface area contributed by atoms with E-state index in [-0.39, 0.29) is 29.2 Å². The van der Waals surface area contributed by atoms with Crippen molar-refractivity contribution in [3.05, 3.63) is 52.9 Å². The van der Waals surface area contributed by atoms with Crippen molar-refractivity contribution in [3.8, 4) is 0 Å². The van der Waals surface area contributed by atoms with E-state index in [0.717, 1.165) is 25.2 Å². The van der Waals surface area contributed by atoms with Crippen molar-refractivity contribution >= 4 is 27.4 Å². The van der Waals surface area contributed by atoms with Gasteiger partial charge < -0.3 is 14.6 Å². The molecule has 2 saturated heterocycles. The van der Waals surface area contributed by atoms with E-state index in [2.05, 4.69) is 14.8 Å². The van der Waals surface area contributed by atoms with Gasteiger partial charge in [-0.3, -0.25) is 4.79 Å². The molecule has 2 aliphatic heterocycles. The average molecular weight is 472 g/mol. The van der Waals surface area contributed by atoms with E-state index in [1.807, 2.05) is 9.80 Å². The van der Waals surface area contributed by atoms with Crippen molar-refractivity contribution in [2.75, 3.05) is 30.8 Å². The number of hydrogen-bond donors (Lipinski definition) is 0. The lowest BCUT2D eigenvalue weighted by atomic mass is 9.97. The van der Waals surface area contributed by atoms with E-state index in [4.69, 9.17) is 6.57 Å². The number of sulfone groups is 1. The number of carbonyl (C=O) groups excluding carboxylic acids is 1. The molecule has 3 heterocycles. The Labute approximate surface area is 193 Å². The molecule has 0 saturated carbocycles. The molecule has 8 nitrogen and oxygen atoms in total. The number of aromatic nitrogens is 2. The summed E-state index contributed by atoms with van der Waals surface area (Å²) in [6, 6.07) is 4.00. The Morgan fingerprint density at radius 3 is 2.58 bits per heavy atom. The van der Waals surface area contributed by atoms with Crippen LogP contribution in [0.1, 0.15) is 30.5 Å². The minimum Gasteiger partial charge on any atom is -0.364 e. The molecule has 0 radical (unpaired) electrons. The topological polar surface area (TPSA) is 87.8 Å². The number of likely N-dealkylation sites (tertiary alicyclic amines) is 1. The van der Waals surface area contributed by atoms with E-state index >= 15 is 0 Å². The number of hydrogen-bond acceptors (Lipinski definition) is 6. The maximum atomic E-state index is 14.5. The fourth-order valence-corrected chi connectivity index (χ4v) is 5.28. The average Bonchev–Trinajstić information content (AvgIpc) is 3.14. The second-order valence-corrected chi connectivity index (χ2v) is 10.8. The third-order valence-corrected chi connectivity index (χ3v) is 7.55. The molecule has 2 aromatic rings. The number of anilines is 1. The van der Waals surface area contributed by atoms with Crippen LogP contribution in [0.2, 0.25) is 0 Å². The Balaban J connectivity index is 1.38. The smallest absolute Gasteiger partial charge is 0.312 e. The van der Waals surface area contributed by atoms with Gasteiger partial charge >= 0.3 is 5.82 Å². The quantitative estimate of drug-likeness (QED) is 0.623. The standard InChI is InChI=1S/C23H26FN5O3S/c1-15-14-26-22(21(25-2)27-15)28-9-7-18(8-10-28)29-11-6-17(23(29)30)12-16-4-5-19(13-20(16)24)33(3,31)32/h4-5,13-14,17-18H,6-12H2,1,3H3/t17-/m1/s1. The van der Waals surface area contributed by atoms with E-state index in [1.165, 1.54) is 12.1 Å². The van der Waals surface area contributed by atoms with Gasteiger partial charge in [-0.15, -0.1) is 4.98 Å². The molecule has 0 bridgehead atoms. The second kappa shape index (κ2) is 9.06. The van der Waals surface area contributed by atoms with Gasteiger partial charge in [0.15, 0.2) is 15.7 Å². The molecular weight excluding hydrogens is 445 g/mol. The van der Waals surface area contributed by atoms with Crippen LogP contribution in [0, 0.1) is 25.2 Å². The highest BCUT2D eigenvalue weighted by Gasteiger charge is 2.37. The summed E-state index contributed by atoms with van der Waals surface area (Å²) in [7, 11) is -3.48. The predicted octanol–water partition coefficient (Wildman–Crippen LogP) is 2.94. The highest BCUT2D eigenvalue weighted by atomic mass is 32.2. The minimum atomic E-state index is -3.48. The number of piperidine rings is 1. The molecule has 1 aromatic heterocycles. The SMILES string of the molecule is [C-]#[N+]c1nc(C)cnc1N1CCC(N2CC[C@H](Cc3ccc(S(C)(=O)=O)cc3F)C2=O)CC1. The Morgan fingerprint density at radius 1 is 1.21 bits per heavy atom. The van der Waals surface area contributed by atoms with Crippen molar-refractivity contribution in [1.82, 2.24) is 14.9 Å². The van der Waals surface area contributed by atoms with E-state index in [0.29, 0.717) is 48.9 Å². The van der Waals surface area contributed by atoms with Crippen LogP contribution in [0.4, 0.5) is 16.0 Å². The fourth-order valence-electron chi connectivity index (χ4n) is 4.65. The molecule has 2 aliphatic rings. The van der Waals surface area contributed by atoms with Gasteiger partial charge in [-0.2, -0.15) is 0 Å². The molecule has 0 aliphatic carbocycles.